The summed E-state index contributed by atoms with van der Waals surface area (Å²) in [5.74, 6) is 1.78. The van der Waals surface area contributed by atoms with Gasteiger partial charge in [0.2, 0.25) is 0 Å². The molecular formula is C19H23N5O. The Morgan fingerprint density at radius 2 is 1.80 bits per heavy atom. The van der Waals surface area contributed by atoms with E-state index in [0.717, 1.165) is 43.2 Å². The van der Waals surface area contributed by atoms with Crippen LogP contribution < -0.4 is 4.74 Å². The van der Waals surface area contributed by atoms with E-state index in [4.69, 9.17) is 4.74 Å². The topological polar surface area (TPSA) is 56.1 Å². The van der Waals surface area contributed by atoms with Crippen molar-refractivity contribution >= 4 is 0 Å². The molecule has 0 aliphatic heterocycles. The lowest BCUT2D eigenvalue weighted by atomic mass is 10.2. The van der Waals surface area contributed by atoms with Gasteiger partial charge >= 0.3 is 0 Å². The van der Waals surface area contributed by atoms with E-state index in [1.165, 1.54) is 5.56 Å². The molecule has 3 aromatic rings. The second-order valence-corrected chi connectivity index (χ2v) is 6.03. The van der Waals surface area contributed by atoms with Crippen LogP contribution in [0.25, 0.3) is 5.69 Å². The molecule has 0 amide bonds. The maximum atomic E-state index is 5.19. The highest BCUT2D eigenvalue weighted by atomic mass is 16.5. The molecule has 0 bridgehead atoms. The molecule has 3 rings (SSSR count). The third-order valence-electron chi connectivity index (χ3n) is 4.09. The fraction of sp³-hybridized carbons (Fsp3) is 0.316. The van der Waals surface area contributed by atoms with Crippen LogP contribution in [0.3, 0.4) is 0 Å². The van der Waals surface area contributed by atoms with E-state index in [0.29, 0.717) is 0 Å². The Kier molecular flexibility index (Phi) is 5.74. The first-order valence-electron chi connectivity index (χ1n) is 8.40. The fourth-order valence-electron chi connectivity index (χ4n) is 2.76. The van der Waals surface area contributed by atoms with Gasteiger partial charge in [-0.3, -0.25) is 0 Å². The number of hydrogen-bond donors (Lipinski definition) is 0. The average molecular weight is 337 g/mol. The van der Waals surface area contributed by atoms with Crippen LogP contribution in [-0.2, 0) is 13.0 Å². The Morgan fingerprint density at radius 1 is 1.04 bits per heavy atom. The van der Waals surface area contributed by atoms with Gasteiger partial charge in [-0.25, -0.2) is 0 Å². The van der Waals surface area contributed by atoms with Gasteiger partial charge in [-0.05, 0) is 60.3 Å². The lowest BCUT2D eigenvalue weighted by Gasteiger charge is -2.16. The molecule has 0 fully saturated rings. The number of ether oxygens (including phenoxy) is 1. The normalized spacial score (nSPS) is 11.0. The van der Waals surface area contributed by atoms with Crippen LogP contribution in [0.4, 0.5) is 0 Å². The van der Waals surface area contributed by atoms with Gasteiger partial charge in [0.25, 0.3) is 0 Å². The molecule has 0 saturated heterocycles. The van der Waals surface area contributed by atoms with E-state index in [2.05, 4.69) is 39.6 Å². The maximum Gasteiger partial charge on any atom is 0.156 e. The number of methoxy groups -OCH3 is 1. The highest BCUT2D eigenvalue weighted by molar-refractivity contribution is 5.30. The molecule has 6 heteroatoms. The predicted octanol–water partition coefficient (Wildman–Crippen LogP) is 2.74. The van der Waals surface area contributed by atoms with Gasteiger partial charge in [0.05, 0.1) is 12.8 Å². The molecule has 0 unspecified atom stereocenters. The fourth-order valence-corrected chi connectivity index (χ4v) is 2.76. The summed E-state index contributed by atoms with van der Waals surface area (Å²) in [6, 6.07) is 18.2. The highest BCUT2D eigenvalue weighted by Crippen LogP contribution is 2.13. The van der Waals surface area contributed by atoms with Gasteiger partial charge in [0.1, 0.15) is 5.75 Å². The smallest absolute Gasteiger partial charge is 0.156 e. The summed E-state index contributed by atoms with van der Waals surface area (Å²) in [6.45, 7) is 1.89. The zero-order valence-electron chi connectivity index (χ0n) is 14.7. The zero-order valence-corrected chi connectivity index (χ0v) is 14.7. The average Bonchev–Trinajstić information content (AvgIpc) is 3.11. The zero-order chi connectivity index (χ0) is 17.5. The van der Waals surface area contributed by atoms with Crippen molar-refractivity contribution in [3.05, 3.63) is 66.0 Å². The minimum Gasteiger partial charge on any atom is -0.497 e. The Balaban J connectivity index is 1.50. The SMILES string of the molecule is COc1ccc(CN(C)CCCc2nnnn2-c2ccccc2)cc1. The lowest BCUT2D eigenvalue weighted by molar-refractivity contribution is 0.320. The Hall–Kier alpha value is -2.73. The largest absolute Gasteiger partial charge is 0.497 e. The van der Waals surface area contributed by atoms with E-state index in [9.17, 15) is 0 Å². The standard InChI is InChI=1S/C19H23N5O/c1-23(15-16-10-12-18(25-2)13-11-16)14-6-9-19-20-21-22-24(19)17-7-4-3-5-8-17/h3-5,7-8,10-13H,6,9,14-15H2,1-2H3. The third-order valence-corrected chi connectivity index (χ3v) is 4.09. The predicted molar refractivity (Wildman–Crippen MR) is 96.8 cm³/mol. The number of tetrazole rings is 1. The molecule has 0 radical (unpaired) electrons. The van der Waals surface area contributed by atoms with Crippen LogP contribution in [0, 0.1) is 0 Å². The molecule has 0 saturated carbocycles. The Bertz CT molecular complexity index is 770. The van der Waals surface area contributed by atoms with Gasteiger partial charge in [-0.1, -0.05) is 30.3 Å². The molecular weight excluding hydrogens is 314 g/mol. The van der Waals surface area contributed by atoms with Crippen molar-refractivity contribution in [2.24, 2.45) is 0 Å². The van der Waals surface area contributed by atoms with Gasteiger partial charge < -0.3 is 9.64 Å². The van der Waals surface area contributed by atoms with Crippen LogP contribution in [0.15, 0.2) is 54.6 Å². The van der Waals surface area contributed by atoms with E-state index in [-0.39, 0.29) is 0 Å². The molecule has 0 N–H and O–H groups in total. The third kappa shape index (κ3) is 4.64. The first kappa shape index (κ1) is 17.1. The van der Waals surface area contributed by atoms with Gasteiger partial charge in [-0.2, -0.15) is 4.68 Å². The van der Waals surface area contributed by atoms with Crippen molar-refractivity contribution in [3.8, 4) is 11.4 Å². The second kappa shape index (κ2) is 8.39. The molecule has 0 spiro atoms. The van der Waals surface area contributed by atoms with Crippen molar-refractivity contribution in [1.82, 2.24) is 25.1 Å². The summed E-state index contributed by atoms with van der Waals surface area (Å²) in [5, 5.41) is 12.1. The van der Waals surface area contributed by atoms with E-state index >= 15 is 0 Å². The Labute approximate surface area is 148 Å². The number of para-hydroxylation sites is 1. The van der Waals surface area contributed by atoms with Crippen LogP contribution in [0.5, 0.6) is 5.75 Å². The molecule has 130 valence electrons. The number of aryl methyl sites for hydroxylation is 1. The van der Waals surface area contributed by atoms with E-state index < -0.39 is 0 Å². The second-order valence-electron chi connectivity index (χ2n) is 6.03. The number of hydrogen-bond acceptors (Lipinski definition) is 5. The molecule has 25 heavy (non-hydrogen) atoms. The molecule has 1 heterocycles. The summed E-state index contributed by atoms with van der Waals surface area (Å²) >= 11 is 0. The van der Waals surface area contributed by atoms with Crippen molar-refractivity contribution in [2.45, 2.75) is 19.4 Å². The molecule has 1 aromatic heterocycles. The summed E-state index contributed by atoms with van der Waals surface area (Å²) in [6.07, 6.45) is 1.84. The minimum absolute atomic E-state index is 0.842. The van der Waals surface area contributed by atoms with Gasteiger partial charge in [0, 0.05) is 13.0 Å². The van der Waals surface area contributed by atoms with Crippen molar-refractivity contribution in [3.63, 3.8) is 0 Å². The summed E-state index contributed by atoms with van der Waals surface area (Å²) in [5.41, 5.74) is 2.27. The monoisotopic (exact) mass is 337 g/mol. The van der Waals surface area contributed by atoms with E-state index in [1.54, 1.807) is 7.11 Å². The van der Waals surface area contributed by atoms with Crippen LogP contribution in [0.1, 0.15) is 17.8 Å². The van der Waals surface area contributed by atoms with Gasteiger partial charge in [-0.15, -0.1) is 5.10 Å². The number of aromatic nitrogens is 4. The number of nitrogens with zero attached hydrogens (tertiary/aromatic N) is 5. The highest BCUT2D eigenvalue weighted by Gasteiger charge is 2.08. The van der Waals surface area contributed by atoms with Crippen molar-refractivity contribution in [2.75, 3.05) is 20.7 Å². The first-order chi connectivity index (χ1) is 12.3. The number of benzene rings is 2. The van der Waals surface area contributed by atoms with Crippen LogP contribution >= 0.6 is 0 Å². The van der Waals surface area contributed by atoms with E-state index in [1.807, 2.05) is 47.1 Å². The van der Waals surface area contributed by atoms with Crippen molar-refractivity contribution in [1.29, 1.82) is 0 Å². The number of rotatable bonds is 8. The summed E-state index contributed by atoms with van der Waals surface area (Å²) in [7, 11) is 3.81. The maximum absolute atomic E-state index is 5.19. The van der Waals surface area contributed by atoms with Crippen LogP contribution in [0.2, 0.25) is 0 Å². The Morgan fingerprint density at radius 3 is 2.52 bits per heavy atom. The van der Waals surface area contributed by atoms with Gasteiger partial charge in [0.15, 0.2) is 5.82 Å². The molecule has 0 aliphatic rings. The minimum atomic E-state index is 0.842. The molecule has 0 aliphatic carbocycles. The molecule has 0 atom stereocenters. The van der Waals surface area contributed by atoms with Crippen molar-refractivity contribution < 1.29 is 4.74 Å². The first-order valence-corrected chi connectivity index (χ1v) is 8.40. The molecule has 6 nitrogen and oxygen atoms in total. The summed E-state index contributed by atoms with van der Waals surface area (Å²) < 4.78 is 7.00. The van der Waals surface area contributed by atoms with Crippen LogP contribution in [-0.4, -0.2) is 45.8 Å². The quantitative estimate of drug-likeness (QED) is 0.633. The molecule has 2 aromatic carbocycles. The summed E-state index contributed by atoms with van der Waals surface area (Å²) in [4.78, 5) is 2.30. The lowest BCUT2D eigenvalue weighted by Crippen LogP contribution is -2.20.